The molecule has 34 heavy (non-hydrogen) atoms. The van der Waals surface area contributed by atoms with E-state index in [4.69, 9.17) is 0 Å². The summed E-state index contributed by atoms with van der Waals surface area (Å²) >= 11 is 0. The Morgan fingerprint density at radius 2 is 0.971 bits per heavy atom. The molecule has 3 aromatic carbocycles. The van der Waals surface area contributed by atoms with Crippen molar-refractivity contribution < 1.29 is 0 Å². The van der Waals surface area contributed by atoms with Crippen LogP contribution >= 0.6 is 0 Å². The number of aryl methyl sites for hydroxylation is 2. The van der Waals surface area contributed by atoms with Gasteiger partial charge in [0, 0.05) is 11.8 Å². The third-order valence-electron chi connectivity index (χ3n) is 6.61. The van der Waals surface area contributed by atoms with Crippen LogP contribution in [0.4, 0.5) is 0 Å². The Morgan fingerprint density at radius 3 is 1.68 bits per heavy atom. The molecule has 0 N–H and O–H groups in total. The maximum atomic E-state index is 4.50. The van der Waals surface area contributed by atoms with Gasteiger partial charge < -0.3 is 0 Å². The summed E-state index contributed by atoms with van der Waals surface area (Å²) in [6, 6.07) is 34.7. The summed E-state index contributed by atoms with van der Waals surface area (Å²) in [4.78, 5) is 4.50. The molecule has 1 heteroatoms. The minimum atomic E-state index is 1.02. The van der Waals surface area contributed by atoms with Crippen LogP contribution in [0.1, 0.15) is 62.5 Å². The zero-order valence-corrected chi connectivity index (χ0v) is 20.3. The highest BCUT2D eigenvalue weighted by Crippen LogP contribution is 2.26. The summed E-state index contributed by atoms with van der Waals surface area (Å²) in [5, 5.41) is 0. The highest BCUT2D eigenvalue weighted by atomic mass is 14.7. The second kappa shape index (κ2) is 13.5. The van der Waals surface area contributed by atoms with E-state index in [1.165, 1.54) is 92.0 Å². The predicted octanol–water partition coefficient (Wildman–Crippen LogP) is 9.32. The van der Waals surface area contributed by atoms with E-state index in [0.29, 0.717) is 0 Å². The smallest absolute Gasteiger partial charge is 0.0702 e. The van der Waals surface area contributed by atoms with E-state index in [0.717, 1.165) is 5.69 Å². The molecule has 0 saturated heterocycles. The largest absolute Gasteiger partial charge is 0.256 e. The van der Waals surface area contributed by atoms with Gasteiger partial charge in [0.15, 0.2) is 0 Å². The average molecular weight is 448 g/mol. The second-order valence-corrected chi connectivity index (χ2v) is 9.31. The molecule has 0 aliphatic carbocycles. The van der Waals surface area contributed by atoms with E-state index in [1.54, 1.807) is 0 Å². The van der Waals surface area contributed by atoms with E-state index in [2.05, 4.69) is 89.9 Å². The maximum Gasteiger partial charge on any atom is 0.0702 e. The fourth-order valence-electron chi connectivity index (χ4n) is 4.66. The molecule has 4 rings (SSSR count). The first-order valence-electron chi connectivity index (χ1n) is 13.0. The topological polar surface area (TPSA) is 12.9 Å². The Balaban J connectivity index is 1.14. The third-order valence-corrected chi connectivity index (χ3v) is 6.61. The Morgan fingerprint density at radius 1 is 0.412 bits per heavy atom. The van der Waals surface area contributed by atoms with Crippen molar-refractivity contribution in [3.63, 3.8) is 0 Å². The van der Waals surface area contributed by atoms with Gasteiger partial charge in [-0.05, 0) is 66.1 Å². The van der Waals surface area contributed by atoms with Crippen molar-refractivity contribution in [3.8, 4) is 22.4 Å². The standard InChI is InChI=1S/C33H37N/c1(3-5-8-16-28-17-10-7-11-18-28)2-4-6-9-19-29-20-14-21-30(26-29)31-22-15-23-32(27-31)33-24-12-13-25-34-33/h7,10-15,17-18,20-27H,1-6,8-9,16,19H2. The highest BCUT2D eigenvalue weighted by molar-refractivity contribution is 5.71. The first kappa shape index (κ1) is 24.0. The summed E-state index contributed by atoms with van der Waals surface area (Å²) in [7, 11) is 0. The van der Waals surface area contributed by atoms with E-state index in [-0.39, 0.29) is 0 Å². The van der Waals surface area contributed by atoms with Gasteiger partial charge in [-0.3, -0.25) is 4.98 Å². The number of aromatic nitrogens is 1. The molecule has 0 aliphatic heterocycles. The molecule has 174 valence electrons. The van der Waals surface area contributed by atoms with Crippen molar-refractivity contribution in [2.45, 2.75) is 64.2 Å². The molecule has 0 atom stereocenters. The molecule has 0 radical (unpaired) electrons. The van der Waals surface area contributed by atoms with Gasteiger partial charge in [-0.15, -0.1) is 0 Å². The summed E-state index contributed by atoms with van der Waals surface area (Å²) in [6.07, 6.45) is 15.1. The molecule has 1 nitrogen and oxygen atoms in total. The lowest BCUT2D eigenvalue weighted by molar-refractivity contribution is 0.567. The number of hydrogen-bond acceptors (Lipinski definition) is 1. The normalized spacial score (nSPS) is 10.9. The Labute approximate surface area is 205 Å². The molecule has 0 unspecified atom stereocenters. The quantitative estimate of drug-likeness (QED) is 0.186. The van der Waals surface area contributed by atoms with Crippen LogP contribution in [0.3, 0.4) is 0 Å². The minimum absolute atomic E-state index is 1.02. The number of nitrogens with zero attached hydrogens (tertiary/aromatic N) is 1. The van der Waals surface area contributed by atoms with Crippen LogP contribution in [0.2, 0.25) is 0 Å². The van der Waals surface area contributed by atoms with Crippen LogP contribution in [-0.4, -0.2) is 4.98 Å². The van der Waals surface area contributed by atoms with Crippen LogP contribution in [0.25, 0.3) is 22.4 Å². The first-order valence-corrected chi connectivity index (χ1v) is 13.0. The summed E-state index contributed by atoms with van der Waals surface area (Å²) < 4.78 is 0. The molecule has 0 saturated carbocycles. The fourth-order valence-corrected chi connectivity index (χ4v) is 4.66. The third kappa shape index (κ3) is 7.70. The monoisotopic (exact) mass is 447 g/mol. The average Bonchev–Trinajstić information content (AvgIpc) is 2.91. The molecule has 0 fully saturated rings. The van der Waals surface area contributed by atoms with Crippen molar-refractivity contribution in [1.29, 1.82) is 0 Å². The van der Waals surface area contributed by atoms with Gasteiger partial charge in [-0.1, -0.05) is 117 Å². The Hall–Kier alpha value is -3.19. The Bertz CT molecular complexity index is 1100. The van der Waals surface area contributed by atoms with Gasteiger partial charge in [0.25, 0.3) is 0 Å². The van der Waals surface area contributed by atoms with Crippen LogP contribution in [0, 0.1) is 0 Å². The predicted molar refractivity (Wildman–Crippen MR) is 146 cm³/mol. The van der Waals surface area contributed by atoms with Crippen molar-refractivity contribution in [3.05, 3.63) is 114 Å². The lowest BCUT2D eigenvalue weighted by atomic mass is 9.97. The highest BCUT2D eigenvalue weighted by Gasteiger charge is 2.04. The van der Waals surface area contributed by atoms with Crippen molar-refractivity contribution in [2.24, 2.45) is 0 Å². The van der Waals surface area contributed by atoms with Crippen molar-refractivity contribution >= 4 is 0 Å². The van der Waals surface area contributed by atoms with Gasteiger partial charge in [-0.2, -0.15) is 0 Å². The lowest BCUT2D eigenvalue weighted by Gasteiger charge is -2.08. The van der Waals surface area contributed by atoms with Crippen molar-refractivity contribution in [2.75, 3.05) is 0 Å². The van der Waals surface area contributed by atoms with E-state index >= 15 is 0 Å². The van der Waals surface area contributed by atoms with Crippen LogP contribution in [0.15, 0.2) is 103 Å². The maximum absolute atomic E-state index is 4.50. The molecule has 1 aromatic heterocycles. The van der Waals surface area contributed by atoms with Gasteiger partial charge in [0.05, 0.1) is 5.69 Å². The van der Waals surface area contributed by atoms with Crippen LogP contribution in [0.5, 0.6) is 0 Å². The van der Waals surface area contributed by atoms with Crippen LogP contribution in [-0.2, 0) is 12.8 Å². The van der Waals surface area contributed by atoms with E-state index < -0.39 is 0 Å². The molecule has 1 heterocycles. The summed E-state index contributed by atoms with van der Waals surface area (Å²) in [5.41, 5.74) is 7.68. The number of unbranched alkanes of at least 4 members (excludes halogenated alkanes) is 7. The second-order valence-electron chi connectivity index (χ2n) is 9.31. The Kier molecular flexibility index (Phi) is 9.51. The number of hydrogen-bond donors (Lipinski definition) is 0. The van der Waals surface area contributed by atoms with Crippen LogP contribution < -0.4 is 0 Å². The molecule has 4 aromatic rings. The van der Waals surface area contributed by atoms with Gasteiger partial charge in [-0.25, -0.2) is 0 Å². The summed E-state index contributed by atoms with van der Waals surface area (Å²) in [5.74, 6) is 0. The van der Waals surface area contributed by atoms with Gasteiger partial charge in [0.2, 0.25) is 0 Å². The first-order chi connectivity index (χ1) is 16.9. The zero-order valence-electron chi connectivity index (χ0n) is 20.3. The fraction of sp³-hybridized carbons (Fsp3) is 0.303. The summed E-state index contributed by atoms with van der Waals surface area (Å²) in [6.45, 7) is 0. The molecule has 0 aliphatic rings. The zero-order chi connectivity index (χ0) is 23.3. The molecule has 0 spiro atoms. The van der Waals surface area contributed by atoms with E-state index in [1.807, 2.05) is 18.3 Å². The number of rotatable bonds is 13. The number of benzene rings is 3. The lowest BCUT2D eigenvalue weighted by Crippen LogP contribution is -1.89. The molecule has 0 amide bonds. The molecular weight excluding hydrogens is 410 g/mol. The number of pyridine rings is 1. The SMILES string of the molecule is c1ccc(CCCCCCCCCCc2cccc(-c3cccc(-c4ccccn4)c3)c2)cc1. The minimum Gasteiger partial charge on any atom is -0.256 e. The molecular formula is C33H37N. The van der Waals surface area contributed by atoms with E-state index in [9.17, 15) is 0 Å². The van der Waals surface area contributed by atoms with Gasteiger partial charge in [0.1, 0.15) is 0 Å². The van der Waals surface area contributed by atoms with Gasteiger partial charge >= 0.3 is 0 Å². The molecule has 0 bridgehead atoms. The van der Waals surface area contributed by atoms with Crippen molar-refractivity contribution in [1.82, 2.24) is 4.98 Å².